The van der Waals surface area contributed by atoms with Crippen LogP contribution in [0.1, 0.15) is 26.2 Å². The predicted octanol–water partition coefficient (Wildman–Crippen LogP) is 1.37. The maximum absolute atomic E-state index is 10.3. The van der Waals surface area contributed by atoms with E-state index in [0.717, 1.165) is 24.2 Å². The lowest BCUT2D eigenvalue weighted by atomic mass is 10.3. The van der Waals surface area contributed by atoms with Crippen molar-refractivity contribution in [1.29, 1.82) is 0 Å². The maximum atomic E-state index is 10.3. The van der Waals surface area contributed by atoms with Gasteiger partial charge in [0, 0.05) is 6.20 Å². The second kappa shape index (κ2) is 7.07. The molecule has 2 heterocycles. The van der Waals surface area contributed by atoms with Crippen molar-refractivity contribution < 1.29 is 8.42 Å². The number of unbranched alkanes of at least 4 members (excludes halogenated alkanes) is 2. The summed E-state index contributed by atoms with van der Waals surface area (Å²) in [7, 11) is -3.20. The minimum Gasteiger partial charge on any atom is -0.345 e. The van der Waals surface area contributed by atoms with E-state index in [9.17, 15) is 8.42 Å². The Labute approximate surface area is 107 Å². The summed E-state index contributed by atoms with van der Waals surface area (Å²) < 4.78 is 20.6. The van der Waals surface area contributed by atoms with E-state index in [1.807, 2.05) is 13.0 Å². The molecule has 6 nitrogen and oxygen atoms in total. The van der Waals surface area contributed by atoms with Crippen LogP contribution in [0.5, 0.6) is 0 Å². The highest BCUT2D eigenvalue weighted by molar-refractivity contribution is 7.89. The fraction of sp³-hybridized carbons (Fsp3) is 0.455. The van der Waals surface area contributed by atoms with Crippen molar-refractivity contribution >= 4 is 10.0 Å². The Morgan fingerprint density at radius 1 is 1.39 bits per heavy atom. The summed E-state index contributed by atoms with van der Waals surface area (Å²) in [6.07, 6.45) is 7.78. The van der Waals surface area contributed by atoms with Crippen LogP contribution >= 0.6 is 0 Å². The smallest absolute Gasteiger partial charge is 0.209 e. The first-order chi connectivity index (χ1) is 8.53. The zero-order valence-corrected chi connectivity index (χ0v) is 11.2. The lowest BCUT2D eigenvalue weighted by Crippen LogP contribution is -2.16. The number of nitrogens with one attached hydrogen (secondary N) is 1. The molecule has 0 unspecified atom stereocenters. The van der Waals surface area contributed by atoms with Crippen molar-refractivity contribution in [2.45, 2.75) is 26.2 Å². The van der Waals surface area contributed by atoms with Crippen LogP contribution in [0.4, 0.5) is 0 Å². The van der Waals surface area contributed by atoms with Crippen molar-refractivity contribution in [1.82, 2.24) is 15.0 Å². The van der Waals surface area contributed by atoms with Crippen LogP contribution in [0.3, 0.4) is 0 Å². The molecule has 7 heteroatoms. The van der Waals surface area contributed by atoms with Crippen molar-refractivity contribution in [2.75, 3.05) is 5.75 Å². The largest absolute Gasteiger partial charge is 0.345 e. The van der Waals surface area contributed by atoms with Crippen LogP contribution < -0.4 is 5.14 Å². The number of nitrogens with two attached hydrogens (primary N) is 1. The van der Waals surface area contributed by atoms with E-state index in [1.54, 1.807) is 18.7 Å². The molecule has 0 fully saturated rings. The molecule has 0 radical (unpaired) electrons. The quantitative estimate of drug-likeness (QED) is 0.819. The molecular weight excluding hydrogens is 252 g/mol. The van der Waals surface area contributed by atoms with E-state index in [-0.39, 0.29) is 5.75 Å². The number of rotatable bonds is 4. The number of nitrogens with zero attached hydrogens (tertiary/aromatic N) is 2. The normalized spacial score (nSPS) is 11.0. The van der Waals surface area contributed by atoms with Gasteiger partial charge in [-0.15, -0.1) is 0 Å². The number of hydrogen-bond acceptors (Lipinski definition) is 4. The number of aromatic nitrogens is 3. The van der Waals surface area contributed by atoms with E-state index in [0.29, 0.717) is 6.42 Å². The van der Waals surface area contributed by atoms with Crippen LogP contribution in [0.15, 0.2) is 24.8 Å². The molecule has 0 saturated heterocycles. The Kier molecular flexibility index (Phi) is 5.73. The number of hydrogen-bond donors (Lipinski definition) is 2. The van der Waals surface area contributed by atoms with Gasteiger partial charge in [-0.05, 0) is 12.5 Å². The van der Waals surface area contributed by atoms with Gasteiger partial charge in [-0.25, -0.2) is 18.5 Å². The Balaban J connectivity index is 0.000000180. The Morgan fingerprint density at radius 2 is 2.17 bits per heavy atom. The summed E-state index contributed by atoms with van der Waals surface area (Å²) >= 11 is 0. The van der Waals surface area contributed by atoms with E-state index < -0.39 is 10.0 Å². The maximum Gasteiger partial charge on any atom is 0.209 e. The van der Waals surface area contributed by atoms with E-state index in [1.165, 1.54) is 0 Å². The van der Waals surface area contributed by atoms with Crippen LogP contribution in [-0.2, 0) is 10.0 Å². The minimum absolute atomic E-state index is 0.126. The fourth-order valence-electron chi connectivity index (χ4n) is 1.34. The average molecular weight is 270 g/mol. The molecule has 2 aliphatic rings. The van der Waals surface area contributed by atoms with Gasteiger partial charge in [-0.3, -0.25) is 4.98 Å². The van der Waals surface area contributed by atoms with Gasteiger partial charge in [-0.1, -0.05) is 19.8 Å². The third-order valence-electron chi connectivity index (χ3n) is 2.25. The summed E-state index contributed by atoms with van der Waals surface area (Å²) in [6.45, 7) is 2.02. The van der Waals surface area contributed by atoms with Gasteiger partial charge in [-0.2, -0.15) is 0 Å². The molecule has 2 aliphatic heterocycles. The van der Waals surface area contributed by atoms with Crippen LogP contribution in [0, 0.1) is 0 Å². The first kappa shape index (κ1) is 14.6. The molecule has 0 aromatic rings. The van der Waals surface area contributed by atoms with Crippen molar-refractivity contribution in [3.63, 3.8) is 0 Å². The van der Waals surface area contributed by atoms with E-state index >= 15 is 0 Å². The van der Waals surface area contributed by atoms with Gasteiger partial charge in [0.05, 0.1) is 24.0 Å². The highest BCUT2D eigenvalue weighted by Gasteiger charge is 1.99. The molecule has 18 heavy (non-hydrogen) atoms. The van der Waals surface area contributed by atoms with Gasteiger partial charge >= 0.3 is 0 Å². The van der Waals surface area contributed by atoms with Crippen LogP contribution in [0.25, 0.3) is 11.4 Å². The van der Waals surface area contributed by atoms with Crippen LogP contribution in [0.2, 0.25) is 0 Å². The third kappa shape index (κ3) is 5.74. The summed E-state index contributed by atoms with van der Waals surface area (Å²) in [5, 5.41) is 4.75. The number of fused-ring (bicyclic) bond motifs is 1. The van der Waals surface area contributed by atoms with Crippen molar-refractivity contribution in [3.8, 4) is 11.4 Å². The van der Waals surface area contributed by atoms with E-state index in [4.69, 9.17) is 5.14 Å². The summed E-state index contributed by atoms with van der Waals surface area (Å²) in [6, 6.07) is 1.91. The highest BCUT2D eigenvalue weighted by atomic mass is 32.2. The molecule has 0 bridgehead atoms. The lowest BCUT2D eigenvalue weighted by Gasteiger charge is -1.94. The van der Waals surface area contributed by atoms with E-state index in [2.05, 4.69) is 15.0 Å². The summed E-state index contributed by atoms with van der Waals surface area (Å²) in [4.78, 5) is 10.8. The predicted molar refractivity (Wildman–Crippen MR) is 70.5 cm³/mol. The first-order valence-electron chi connectivity index (χ1n) is 5.76. The molecule has 0 atom stereocenters. The van der Waals surface area contributed by atoms with Gasteiger partial charge in [0.1, 0.15) is 5.69 Å². The SMILES string of the molecule is CCCCCS(N)(=O)=O.c1cc2[nH]cncc-2n1. The molecule has 0 spiro atoms. The molecule has 3 N–H and O–H groups in total. The molecule has 0 aliphatic carbocycles. The van der Waals surface area contributed by atoms with Crippen molar-refractivity contribution in [2.24, 2.45) is 5.14 Å². The second-order valence-corrected chi connectivity index (χ2v) is 5.60. The molecule has 100 valence electrons. The number of aromatic amines is 1. The number of sulfonamides is 1. The van der Waals surface area contributed by atoms with Gasteiger partial charge in [0.2, 0.25) is 10.0 Å². The standard InChI is InChI=1S/C6H5N3.C5H13NO2S/c1-2-8-6-3-7-4-9-5(1)6;1-2-3-4-5-9(6,7)8/h1-4H,(H,7,9);2-5H2,1H3,(H2,6,7,8). The van der Waals surface area contributed by atoms with Gasteiger partial charge in [0.25, 0.3) is 0 Å². The third-order valence-corrected chi connectivity index (χ3v) is 3.11. The zero-order valence-electron chi connectivity index (χ0n) is 10.3. The summed E-state index contributed by atoms with van der Waals surface area (Å²) in [5.74, 6) is 0.126. The van der Waals surface area contributed by atoms with Gasteiger partial charge < -0.3 is 4.98 Å². The molecule has 0 aromatic heterocycles. The molecule has 2 rings (SSSR count). The highest BCUT2D eigenvalue weighted by Crippen LogP contribution is 2.12. The molecule has 0 saturated carbocycles. The van der Waals surface area contributed by atoms with Gasteiger partial charge in [0.15, 0.2) is 0 Å². The Bertz CT molecular complexity index is 497. The second-order valence-electron chi connectivity index (χ2n) is 3.87. The molecule has 0 amide bonds. The Hall–Kier alpha value is -1.47. The monoisotopic (exact) mass is 270 g/mol. The molecule has 0 aromatic carbocycles. The lowest BCUT2D eigenvalue weighted by molar-refractivity contribution is 0.592. The number of primary sulfonamides is 1. The fourth-order valence-corrected chi connectivity index (χ4v) is 1.95. The van der Waals surface area contributed by atoms with Crippen LogP contribution in [-0.4, -0.2) is 29.1 Å². The minimum atomic E-state index is -3.20. The topological polar surface area (TPSA) is 102 Å². The zero-order chi connectivity index (χ0) is 13.4. The number of H-pyrrole nitrogens is 1. The average Bonchev–Trinajstić information content (AvgIpc) is 2.76. The summed E-state index contributed by atoms with van der Waals surface area (Å²) in [5.41, 5.74) is 1.95. The first-order valence-corrected chi connectivity index (χ1v) is 7.48. The molecular formula is C11H18N4O2S. The Morgan fingerprint density at radius 3 is 2.78 bits per heavy atom. The van der Waals surface area contributed by atoms with Crippen molar-refractivity contribution in [3.05, 3.63) is 24.8 Å².